The number of hydrogen-bond donors (Lipinski definition) is 1. The van der Waals surface area contributed by atoms with Crippen LogP contribution in [0.15, 0.2) is 24.4 Å². The molecule has 3 fully saturated rings. The summed E-state index contributed by atoms with van der Waals surface area (Å²) in [5.74, 6) is 1.22. The molecule has 4 rings (SSSR count). The Hall–Kier alpha value is -1.95. The summed E-state index contributed by atoms with van der Waals surface area (Å²) in [4.78, 5) is 33.3. The number of hydrogen-bond acceptors (Lipinski definition) is 4. The predicted octanol–water partition coefficient (Wildman–Crippen LogP) is 1.82. The van der Waals surface area contributed by atoms with Gasteiger partial charge in [-0.25, -0.2) is 4.98 Å². The van der Waals surface area contributed by atoms with Crippen molar-refractivity contribution >= 4 is 17.6 Å². The second-order valence-corrected chi connectivity index (χ2v) is 8.00. The van der Waals surface area contributed by atoms with Gasteiger partial charge in [0.15, 0.2) is 0 Å². The van der Waals surface area contributed by atoms with Crippen LogP contribution in [0, 0.1) is 11.8 Å². The van der Waals surface area contributed by atoms with E-state index >= 15 is 0 Å². The Kier molecular flexibility index (Phi) is 5.20. The van der Waals surface area contributed by atoms with Crippen LogP contribution in [0.1, 0.15) is 38.5 Å². The quantitative estimate of drug-likeness (QED) is 0.874. The molecule has 1 aromatic heterocycles. The van der Waals surface area contributed by atoms with Gasteiger partial charge in [-0.3, -0.25) is 14.5 Å². The van der Waals surface area contributed by atoms with E-state index in [-0.39, 0.29) is 30.2 Å². The Morgan fingerprint density at radius 2 is 2.04 bits per heavy atom. The number of amides is 2. The maximum atomic E-state index is 12.6. The lowest BCUT2D eigenvalue weighted by Gasteiger charge is -2.21. The van der Waals surface area contributed by atoms with Gasteiger partial charge in [0.25, 0.3) is 0 Å². The number of carbonyl (C=O) groups excluding carboxylic acids is 2. The van der Waals surface area contributed by atoms with Crippen molar-refractivity contribution in [3.05, 3.63) is 24.4 Å². The van der Waals surface area contributed by atoms with Crippen molar-refractivity contribution in [1.82, 2.24) is 15.2 Å². The van der Waals surface area contributed by atoms with Crippen LogP contribution < -0.4 is 10.2 Å². The Morgan fingerprint density at radius 1 is 1.19 bits per heavy atom. The molecular weight excluding hydrogens is 328 g/mol. The van der Waals surface area contributed by atoms with E-state index in [1.54, 1.807) is 11.1 Å². The molecule has 1 aliphatic carbocycles. The summed E-state index contributed by atoms with van der Waals surface area (Å²) >= 11 is 0. The van der Waals surface area contributed by atoms with Crippen LogP contribution in [0.2, 0.25) is 0 Å². The minimum atomic E-state index is -0.270. The number of carbonyl (C=O) groups is 2. The molecule has 1 saturated carbocycles. The maximum Gasteiger partial charge on any atom is 0.229 e. The van der Waals surface area contributed by atoms with Gasteiger partial charge in [0.05, 0.1) is 5.92 Å². The van der Waals surface area contributed by atoms with Gasteiger partial charge >= 0.3 is 0 Å². The Labute approximate surface area is 155 Å². The molecule has 1 aromatic rings. The highest BCUT2D eigenvalue weighted by Crippen LogP contribution is 2.27. The van der Waals surface area contributed by atoms with E-state index in [2.05, 4.69) is 15.2 Å². The normalized spacial score (nSPS) is 27.4. The second-order valence-electron chi connectivity index (χ2n) is 8.00. The summed E-state index contributed by atoms with van der Waals surface area (Å²) in [7, 11) is 0. The van der Waals surface area contributed by atoms with E-state index in [1.165, 1.54) is 32.2 Å². The number of nitrogens with one attached hydrogen (secondary N) is 1. The van der Waals surface area contributed by atoms with Crippen LogP contribution in [-0.4, -0.2) is 53.9 Å². The molecule has 2 aliphatic heterocycles. The Morgan fingerprint density at radius 3 is 2.81 bits per heavy atom. The topological polar surface area (TPSA) is 65.5 Å². The third kappa shape index (κ3) is 3.90. The first-order valence-electron chi connectivity index (χ1n) is 9.93. The lowest BCUT2D eigenvalue weighted by Crippen LogP contribution is -2.41. The number of nitrogens with zero attached hydrogens (tertiary/aromatic N) is 3. The first kappa shape index (κ1) is 17.5. The zero-order valence-electron chi connectivity index (χ0n) is 15.3. The van der Waals surface area contributed by atoms with Gasteiger partial charge in [0.1, 0.15) is 5.82 Å². The third-order valence-electron chi connectivity index (χ3n) is 6.03. The van der Waals surface area contributed by atoms with Gasteiger partial charge in [-0.15, -0.1) is 0 Å². The smallest absolute Gasteiger partial charge is 0.229 e. The summed E-state index contributed by atoms with van der Waals surface area (Å²) in [5.41, 5.74) is 0. The fraction of sp³-hybridized carbons (Fsp3) is 0.650. The Bertz CT molecular complexity index is 644. The predicted molar refractivity (Wildman–Crippen MR) is 99.6 cm³/mol. The molecule has 140 valence electrons. The Balaban J connectivity index is 1.27. The molecule has 0 bridgehead atoms. The first-order chi connectivity index (χ1) is 12.7. The monoisotopic (exact) mass is 356 g/mol. The molecule has 3 heterocycles. The molecule has 6 nitrogen and oxygen atoms in total. The molecule has 2 saturated heterocycles. The highest BCUT2D eigenvalue weighted by Gasteiger charge is 2.37. The average Bonchev–Trinajstić information content (AvgIpc) is 3.38. The van der Waals surface area contributed by atoms with Crippen molar-refractivity contribution in [2.24, 2.45) is 11.8 Å². The summed E-state index contributed by atoms with van der Waals surface area (Å²) in [6.45, 7) is 3.64. The molecular formula is C20H28N4O2. The fourth-order valence-electron chi connectivity index (χ4n) is 4.61. The van der Waals surface area contributed by atoms with Crippen molar-refractivity contribution in [2.75, 3.05) is 31.1 Å². The third-order valence-corrected chi connectivity index (χ3v) is 6.03. The van der Waals surface area contributed by atoms with E-state index in [9.17, 15) is 9.59 Å². The molecule has 0 radical (unpaired) electrons. The van der Waals surface area contributed by atoms with Gasteiger partial charge < -0.3 is 10.2 Å². The lowest BCUT2D eigenvalue weighted by atomic mass is 10.1. The van der Waals surface area contributed by atoms with E-state index in [0.29, 0.717) is 12.4 Å². The SMILES string of the molecule is O=C(NC1CCN(CC2CCCC2)C1)C1CC(=O)N(c2ccccn2)C1. The number of anilines is 1. The van der Waals surface area contributed by atoms with Crippen LogP contribution in [0.4, 0.5) is 5.82 Å². The molecule has 2 atom stereocenters. The summed E-state index contributed by atoms with van der Waals surface area (Å²) in [5, 5.41) is 3.19. The molecule has 2 amide bonds. The summed E-state index contributed by atoms with van der Waals surface area (Å²) < 4.78 is 0. The van der Waals surface area contributed by atoms with Crippen molar-refractivity contribution in [2.45, 2.75) is 44.6 Å². The molecule has 3 aliphatic rings. The van der Waals surface area contributed by atoms with Gasteiger partial charge in [-0.05, 0) is 37.3 Å². The van der Waals surface area contributed by atoms with Gasteiger partial charge in [-0.1, -0.05) is 18.9 Å². The largest absolute Gasteiger partial charge is 0.352 e. The minimum Gasteiger partial charge on any atom is -0.352 e. The highest BCUT2D eigenvalue weighted by molar-refractivity contribution is 5.99. The van der Waals surface area contributed by atoms with E-state index in [1.807, 2.05) is 18.2 Å². The van der Waals surface area contributed by atoms with Crippen LogP contribution in [-0.2, 0) is 9.59 Å². The van der Waals surface area contributed by atoms with Crippen molar-refractivity contribution in [1.29, 1.82) is 0 Å². The molecule has 0 aromatic carbocycles. The van der Waals surface area contributed by atoms with Crippen LogP contribution in [0.3, 0.4) is 0 Å². The van der Waals surface area contributed by atoms with Gasteiger partial charge in [0.2, 0.25) is 11.8 Å². The number of aromatic nitrogens is 1. The van der Waals surface area contributed by atoms with Crippen molar-refractivity contribution in [3.8, 4) is 0 Å². The maximum absolute atomic E-state index is 12.6. The molecule has 6 heteroatoms. The van der Waals surface area contributed by atoms with Gasteiger partial charge in [-0.2, -0.15) is 0 Å². The van der Waals surface area contributed by atoms with Crippen molar-refractivity contribution < 1.29 is 9.59 Å². The minimum absolute atomic E-state index is 0.0156. The molecule has 1 N–H and O–H groups in total. The molecule has 0 spiro atoms. The van der Waals surface area contributed by atoms with Gasteiger partial charge in [0, 0.05) is 44.8 Å². The highest BCUT2D eigenvalue weighted by atomic mass is 16.2. The lowest BCUT2D eigenvalue weighted by molar-refractivity contribution is -0.126. The number of likely N-dealkylation sites (tertiary alicyclic amines) is 1. The second kappa shape index (κ2) is 7.74. The van der Waals surface area contributed by atoms with Crippen LogP contribution >= 0.6 is 0 Å². The van der Waals surface area contributed by atoms with Crippen LogP contribution in [0.25, 0.3) is 0 Å². The van der Waals surface area contributed by atoms with E-state index < -0.39 is 0 Å². The fourth-order valence-corrected chi connectivity index (χ4v) is 4.61. The zero-order valence-corrected chi connectivity index (χ0v) is 15.3. The summed E-state index contributed by atoms with van der Waals surface area (Å²) in [6.07, 6.45) is 8.45. The summed E-state index contributed by atoms with van der Waals surface area (Å²) in [6, 6.07) is 5.73. The molecule has 26 heavy (non-hydrogen) atoms. The first-order valence-corrected chi connectivity index (χ1v) is 9.93. The zero-order chi connectivity index (χ0) is 17.9. The average molecular weight is 356 g/mol. The standard InChI is InChI=1S/C20H28N4O2/c25-19-11-16(13-24(19)18-7-3-4-9-21-18)20(26)22-17-8-10-23(14-17)12-15-5-1-2-6-15/h3-4,7,9,15-17H,1-2,5-6,8,10-14H2,(H,22,26). The number of rotatable bonds is 5. The van der Waals surface area contributed by atoms with E-state index in [4.69, 9.17) is 0 Å². The number of pyridine rings is 1. The molecule has 2 unspecified atom stereocenters. The van der Waals surface area contributed by atoms with Crippen LogP contribution in [0.5, 0.6) is 0 Å². The van der Waals surface area contributed by atoms with E-state index in [0.717, 1.165) is 25.4 Å². The van der Waals surface area contributed by atoms with Crippen molar-refractivity contribution in [3.63, 3.8) is 0 Å².